The van der Waals surface area contributed by atoms with Gasteiger partial charge in [-0.15, -0.1) is 0 Å². The van der Waals surface area contributed by atoms with Gasteiger partial charge in [-0.25, -0.2) is 8.42 Å². The summed E-state index contributed by atoms with van der Waals surface area (Å²) in [5.74, 6) is -0.0547. The Kier molecular flexibility index (Phi) is 4.83. The lowest BCUT2D eigenvalue weighted by atomic mass is 10.1. The minimum atomic E-state index is -3.19. The molecule has 1 amide bonds. The zero-order chi connectivity index (χ0) is 19.6. The van der Waals surface area contributed by atoms with Crippen molar-refractivity contribution in [2.45, 2.75) is 6.42 Å². The van der Waals surface area contributed by atoms with Crippen LogP contribution in [-0.2, 0) is 14.8 Å². The summed E-state index contributed by atoms with van der Waals surface area (Å²) in [6, 6.07) is 16.4. The van der Waals surface area contributed by atoms with Crippen LogP contribution in [0.4, 0.5) is 11.4 Å². The number of amides is 1. The second-order valence-corrected chi connectivity index (χ2v) is 8.54. The van der Waals surface area contributed by atoms with Crippen molar-refractivity contribution in [3.05, 3.63) is 72.4 Å². The van der Waals surface area contributed by atoms with Gasteiger partial charge in [-0.3, -0.25) is 14.1 Å². The lowest BCUT2D eigenvalue weighted by Gasteiger charge is -2.16. The average Bonchev–Trinajstić information content (AvgIpc) is 3.06. The Balaban J connectivity index is 1.46. The van der Waals surface area contributed by atoms with Gasteiger partial charge < -0.3 is 5.32 Å². The highest BCUT2D eigenvalue weighted by atomic mass is 32.2. The zero-order valence-electron chi connectivity index (χ0n) is 15.1. The Labute approximate surface area is 163 Å². The van der Waals surface area contributed by atoms with Crippen molar-refractivity contribution in [3.63, 3.8) is 0 Å². The molecule has 1 fully saturated rings. The van der Waals surface area contributed by atoms with Gasteiger partial charge in [-0.2, -0.15) is 0 Å². The Morgan fingerprint density at radius 1 is 1.07 bits per heavy atom. The summed E-state index contributed by atoms with van der Waals surface area (Å²) in [6.45, 7) is 0.514. The zero-order valence-corrected chi connectivity index (χ0v) is 15.9. The molecule has 0 unspecified atom stereocenters. The molecule has 0 atom stereocenters. The first kappa shape index (κ1) is 18.2. The third-order valence-electron chi connectivity index (χ3n) is 4.61. The first-order chi connectivity index (χ1) is 13.5. The molecule has 2 heterocycles. The van der Waals surface area contributed by atoms with Crippen molar-refractivity contribution in [2.75, 3.05) is 21.9 Å². The molecule has 0 spiro atoms. The lowest BCUT2D eigenvalue weighted by molar-refractivity contribution is -0.111. The van der Waals surface area contributed by atoms with Crippen LogP contribution in [0.3, 0.4) is 0 Å². The molecule has 28 heavy (non-hydrogen) atoms. The number of benzene rings is 2. The Morgan fingerprint density at radius 3 is 2.64 bits per heavy atom. The number of carbonyl (C=O) groups excluding carboxylic acids is 1. The first-order valence-electron chi connectivity index (χ1n) is 8.96. The largest absolute Gasteiger partial charge is 0.322 e. The fourth-order valence-corrected chi connectivity index (χ4v) is 4.80. The second kappa shape index (κ2) is 7.44. The molecule has 0 radical (unpaired) electrons. The third-order valence-corrected chi connectivity index (χ3v) is 6.48. The first-order valence-corrected chi connectivity index (χ1v) is 10.6. The molecule has 0 saturated carbocycles. The molecule has 142 valence electrons. The highest BCUT2D eigenvalue weighted by Gasteiger charge is 2.28. The van der Waals surface area contributed by atoms with E-state index in [0.29, 0.717) is 24.3 Å². The molecular weight excluding hydrogens is 374 g/mol. The Hall–Kier alpha value is -3.19. The van der Waals surface area contributed by atoms with E-state index in [1.54, 1.807) is 36.5 Å². The van der Waals surface area contributed by atoms with E-state index < -0.39 is 10.0 Å². The summed E-state index contributed by atoms with van der Waals surface area (Å²) in [5, 5.41) is 3.75. The molecule has 1 aromatic heterocycles. The molecule has 4 rings (SSSR count). The van der Waals surface area contributed by atoms with Crippen molar-refractivity contribution < 1.29 is 13.2 Å². The van der Waals surface area contributed by atoms with Crippen LogP contribution >= 0.6 is 0 Å². The number of fused-ring (bicyclic) bond motifs is 1. The molecule has 1 saturated heterocycles. The molecule has 1 aliphatic heterocycles. The molecule has 0 aliphatic carbocycles. The number of pyridine rings is 1. The van der Waals surface area contributed by atoms with Gasteiger partial charge in [0.05, 0.1) is 22.6 Å². The lowest BCUT2D eigenvalue weighted by Crippen LogP contribution is -2.24. The van der Waals surface area contributed by atoms with E-state index in [1.165, 1.54) is 10.4 Å². The van der Waals surface area contributed by atoms with Crippen LogP contribution in [0.1, 0.15) is 12.0 Å². The quantitative estimate of drug-likeness (QED) is 0.689. The third kappa shape index (κ3) is 3.75. The van der Waals surface area contributed by atoms with Crippen molar-refractivity contribution in [2.24, 2.45) is 0 Å². The van der Waals surface area contributed by atoms with Crippen LogP contribution in [0.5, 0.6) is 0 Å². The van der Waals surface area contributed by atoms with Crippen molar-refractivity contribution in [1.29, 1.82) is 0 Å². The Morgan fingerprint density at radius 2 is 1.89 bits per heavy atom. The van der Waals surface area contributed by atoms with Crippen molar-refractivity contribution in [3.8, 4) is 0 Å². The molecule has 1 aliphatic rings. The second-order valence-electron chi connectivity index (χ2n) is 6.53. The number of sulfonamides is 1. The predicted molar refractivity (Wildman–Crippen MR) is 112 cm³/mol. The SMILES string of the molecule is O=C(C=Cc1ccc(N2CCCS2(=O)=O)cc1)Nc1cccc2ncccc12. The van der Waals surface area contributed by atoms with Gasteiger partial charge in [-0.05, 0) is 54.5 Å². The summed E-state index contributed by atoms with van der Waals surface area (Å²) in [5.41, 5.74) is 2.99. The number of hydrogen-bond donors (Lipinski definition) is 1. The highest BCUT2D eigenvalue weighted by molar-refractivity contribution is 7.93. The maximum Gasteiger partial charge on any atom is 0.248 e. The summed E-state index contributed by atoms with van der Waals surface area (Å²) in [7, 11) is -3.19. The summed E-state index contributed by atoms with van der Waals surface area (Å²) in [4.78, 5) is 16.6. The fourth-order valence-electron chi connectivity index (χ4n) is 3.24. The molecule has 3 aromatic rings. The van der Waals surface area contributed by atoms with E-state index in [0.717, 1.165) is 16.5 Å². The molecule has 1 N–H and O–H groups in total. The van der Waals surface area contributed by atoms with Gasteiger partial charge in [0.1, 0.15) is 0 Å². The summed E-state index contributed by atoms with van der Waals surface area (Å²) < 4.78 is 25.4. The minimum Gasteiger partial charge on any atom is -0.322 e. The number of nitrogens with one attached hydrogen (secondary N) is 1. The van der Waals surface area contributed by atoms with Crippen molar-refractivity contribution >= 4 is 44.3 Å². The van der Waals surface area contributed by atoms with Gasteiger partial charge >= 0.3 is 0 Å². The number of hydrogen-bond acceptors (Lipinski definition) is 4. The summed E-state index contributed by atoms with van der Waals surface area (Å²) in [6.07, 6.45) is 5.51. The fraction of sp³-hybridized carbons (Fsp3) is 0.143. The van der Waals surface area contributed by atoms with E-state index in [1.807, 2.05) is 30.3 Å². The minimum absolute atomic E-state index is 0.193. The number of rotatable bonds is 4. The molecular formula is C21H19N3O3S. The average molecular weight is 393 g/mol. The van der Waals surface area contributed by atoms with Gasteiger partial charge in [0, 0.05) is 24.2 Å². The Bertz CT molecular complexity index is 1150. The number of nitrogens with zero attached hydrogens (tertiary/aromatic N) is 2. The van der Waals surface area contributed by atoms with Crippen LogP contribution in [0.15, 0.2) is 66.9 Å². The van der Waals surface area contributed by atoms with E-state index in [9.17, 15) is 13.2 Å². The standard InChI is InChI=1S/C21H19N3O3S/c25-21(23-20-6-1-5-19-18(20)4-2-13-22-19)12-9-16-7-10-17(11-8-16)24-14-3-15-28(24,26)27/h1-2,4-13H,3,14-15H2,(H,23,25). The predicted octanol–water partition coefficient (Wildman–Crippen LogP) is 3.43. The van der Waals surface area contributed by atoms with Gasteiger partial charge in [0.2, 0.25) is 15.9 Å². The van der Waals surface area contributed by atoms with Crippen molar-refractivity contribution in [1.82, 2.24) is 4.98 Å². The monoisotopic (exact) mass is 393 g/mol. The topological polar surface area (TPSA) is 79.4 Å². The molecule has 2 aromatic carbocycles. The maximum atomic E-state index is 12.3. The molecule has 7 heteroatoms. The highest BCUT2D eigenvalue weighted by Crippen LogP contribution is 2.24. The molecule has 6 nitrogen and oxygen atoms in total. The van der Waals surface area contributed by atoms with Crippen LogP contribution in [0, 0.1) is 0 Å². The van der Waals surface area contributed by atoms with E-state index in [2.05, 4.69) is 10.3 Å². The van der Waals surface area contributed by atoms with E-state index in [-0.39, 0.29) is 11.7 Å². The number of aromatic nitrogens is 1. The van der Waals surface area contributed by atoms with Gasteiger partial charge in [0.15, 0.2) is 0 Å². The van der Waals surface area contributed by atoms with Crippen LogP contribution in [0.2, 0.25) is 0 Å². The number of anilines is 2. The maximum absolute atomic E-state index is 12.3. The van der Waals surface area contributed by atoms with E-state index in [4.69, 9.17) is 0 Å². The summed E-state index contributed by atoms with van der Waals surface area (Å²) >= 11 is 0. The van der Waals surface area contributed by atoms with Gasteiger partial charge in [-0.1, -0.05) is 18.2 Å². The normalized spacial score (nSPS) is 15.9. The van der Waals surface area contributed by atoms with Crippen LogP contribution in [-0.4, -0.2) is 31.6 Å². The van der Waals surface area contributed by atoms with E-state index >= 15 is 0 Å². The smallest absolute Gasteiger partial charge is 0.248 e. The van der Waals surface area contributed by atoms with Crippen LogP contribution in [0.25, 0.3) is 17.0 Å². The number of carbonyl (C=O) groups is 1. The molecule has 0 bridgehead atoms. The van der Waals surface area contributed by atoms with Gasteiger partial charge in [0.25, 0.3) is 0 Å². The van der Waals surface area contributed by atoms with Crippen LogP contribution < -0.4 is 9.62 Å².